The van der Waals surface area contributed by atoms with E-state index in [4.69, 9.17) is 17.3 Å². The van der Waals surface area contributed by atoms with Crippen molar-refractivity contribution in [1.29, 1.82) is 0 Å². The van der Waals surface area contributed by atoms with Gasteiger partial charge in [0.1, 0.15) is 0 Å². The zero-order valence-electron chi connectivity index (χ0n) is 5.98. The van der Waals surface area contributed by atoms with E-state index in [0.29, 0.717) is 10.7 Å². The van der Waals surface area contributed by atoms with Crippen molar-refractivity contribution in [2.75, 3.05) is 5.73 Å². The van der Waals surface area contributed by atoms with Crippen molar-refractivity contribution in [3.63, 3.8) is 0 Å². The normalized spacial score (nSPS) is 8.33. The van der Waals surface area contributed by atoms with E-state index in [1.165, 1.54) is 0 Å². The van der Waals surface area contributed by atoms with Gasteiger partial charge in [0.15, 0.2) is 0 Å². The molecule has 0 aliphatic rings. The molecule has 0 atom stereocenters. The average molecular weight is 195 g/mol. The third-order valence-electron chi connectivity index (χ3n) is 0.849. The molecule has 0 unspecified atom stereocenters. The summed E-state index contributed by atoms with van der Waals surface area (Å²) in [5.74, 6) is 0. The van der Waals surface area contributed by atoms with Gasteiger partial charge in [-0.3, -0.25) is 12.9 Å². The van der Waals surface area contributed by atoms with Crippen molar-refractivity contribution >= 4 is 24.8 Å². The Morgan fingerprint density at radius 1 is 1.25 bits per heavy atom. The number of nitrogens with two attached hydrogens (primary N) is 1. The molecule has 0 amide bonds. The van der Waals surface area contributed by atoms with Gasteiger partial charge >= 0.3 is 7.54 Å². The summed E-state index contributed by atoms with van der Waals surface area (Å²) in [4.78, 5) is 0. The van der Waals surface area contributed by atoms with Crippen LogP contribution in [0.3, 0.4) is 0 Å². The van der Waals surface area contributed by atoms with Gasteiger partial charge in [0, 0.05) is 10.7 Å². The van der Waals surface area contributed by atoms with E-state index in [2.05, 4.69) is 0 Å². The predicted molar refractivity (Wildman–Crippen MR) is 44.9 cm³/mol. The maximum absolute atomic E-state index is 9.67. The second-order valence-corrected chi connectivity index (χ2v) is 2.24. The van der Waals surface area contributed by atoms with Gasteiger partial charge in [-0.1, -0.05) is 17.7 Å². The minimum atomic E-state index is -3.67. The molecule has 0 heterocycles. The molecular weight excluding hydrogens is 189 g/mol. The molecule has 66 valence electrons. The van der Waals surface area contributed by atoms with E-state index >= 15 is 0 Å². The van der Waals surface area contributed by atoms with Gasteiger partial charge in [-0.25, -0.2) is 0 Å². The zero-order valence-corrected chi connectivity index (χ0v) is 6.73. The lowest BCUT2D eigenvalue weighted by Crippen LogP contribution is -1.80. The van der Waals surface area contributed by atoms with Crippen LogP contribution in [0.5, 0.6) is 0 Å². The Hall–Kier alpha value is -0.835. The van der Waals surface area contributed by atoms with Crippen molar-refractivity contribution in [1.82, 2.24) is 0 Å². The number of hydrogen-bond acceptors (Lipinski definition) is 1. The van der Waals surface area contributed by atoms with Crippen molar-refractivity contribution < 1.29 is 12.9 Å². The predicted octanol–water partition coefficient (Wildman–Crippen LogP) is 2.80. The average Bonchev–Trinajstić information content (AvgIpc) is 1.84. The van der Waals surface area contributed by atoms with Crippen LogP contribution >= 0.6 is 11.6 Å². The summed E-state index contributed by atoms with van der Waals surface area (Å²) in [5, 5.41) is 0.685. The van der Waals surface area contributed by atoms with Crippen LogP contribution in [0.2, 0.25) is 5.02 Å². The van der Waals surface area contributed by atoms with Crippen molar-refractivity contribution in [3.05, 3.63) is 29.3 Å². The number of nitrogen functional groups attached to an aromatic ring is 1. The van der Waals surface area contributed by atoms with Gasteiger partial charge < -0.3 is 5.73 Å². The molecule has 1 nitrogen and oxygen atoms in total. The molecule has 6 heteroatoms. The molecular formula is C6H6BClF3N. The van der Waals surface area contributed by atoms with Gasteiger partial charge in [-0.2, -0.15) is 0 Å². The Morgan fingerprint density at radius 3 is 2.00 bits per heavy atom. The molecule has 0 aromatic heterocycles. The molecule has 0 spiro atoms. The van der Waals surface area contributed by atoms with E-state index in [1.54, 1.807) is 18.2 Å². The second kappa shape index (κ2) is 5.77. The van der Waals surface area contributed by atoms with Crippen LogP contribution in [0.1, 0.15) is 0 Å². The van der Waals surface area contributed by atoms with E-state index in [-0.39, 0.29) is 0 Å². The SMILES string of the molecule is FB(F)F.Nc1cccc(Cl)c1. The van der Waals surface area contributed by atoms with Crippen LogP contribution < -0.4 is 5.73 Å². The molecule has 0 bridgehead atoms. The third kappa shape index (κ3) is 7.27. The first kappa shape index (κ1) is 11.2. The second-order valence-electron chi connectivity index (χ2n) is 1.80. The first-order chi connectivity index (χ1) is 5.52. The Bertz CT molecular complexity index is 214. The summed E-state index contributed by atoms with van der Waals surface area (Å²) < 4.78 is 29.0. The van der Waals surface area contributed by atoms with Crippen molar-refractivity contribution in [3.8, 4) is 0 Å². The Kier molecular flexibility index (Phi) is 5.37. The van der Waals surface area contributed by atoms with Gasteiger partial charge in [0.05, 0.1) is 0 Å². The molecule has 12 heavy (non-hydrogen) atoms. The number of halogens is 4. The number of anilines is 1. The van der Waals surface area contributed by atoms with Crippen LogP contribution in [-0.2, 0) is 0 Å². The van der Waals surface area contributed by atoms with Crippen LogP contribution in [0.15, 0.2) is 24.3 Å². The highest BCUT2D eigenvalue weighted by Crippen LogP contribution is 2.10. The topological polar surface area (TPSA) is 26.0 Å². The highest BCUT2D eigenvalue weighted by atomic mass is 35.5. The fraction of sp³-hybridized carbons (Fsp3) is 0. The smallest absolute Gasteiger partial charge is 0.399 e. The van der Waals surface area contributed by atoms with Crippen LogP contribution in [0.4, 0.5) is 18.6 Å². The Balaban J connectivity index is 0.000000261. The molecule has 1 aromatic rings. The van der Waals surface area contributed by atoms with Crippen molar-refractivity contribution in [2.45, 2.75) is 0 Å². The Labute approximate surface area is 73.5 Å². The molecule has 0 aliphatic carbocycles. The van der Waals surface area contributed by atoms with Crippen LogP contribution in [-0.4, -0.2) is 7.54 Å². The summed E-state index contributed by atoms with van der Waals surface area (Å²) in [6.45, 7) is 0. The fourth-order valence-corrected chi connectivity index (χ4v) is 0.705. The highest BCUT2D eigenvalue weighted by Gasteiger charge is 2.06. The molecule has 0 saturated carbocycles. The first-order valence-electron chi connectivity index (χ1n) is 2.95. The van der Waals surface area contributed by atoms with E-state index in [0.717, 1.165) is 0 Å². The molecule has 0 fully saturated rings. The quantitative estimate of drug-likeness (QED) is 0.500. The number of rotatable bonds is 0. The van der Waals surface area contributed by atoms with E-state index in [1.807, 2.05) is 6.07 Å². The molecule has 1 rings (SSSR count). The summed E-state index contributed by atoms with van der Waals surface area (Å²) in [7, 11) is -3.67. The van der Waals surface area contributed by atoms with Gasteiger partial charge in [-0.05, 0) is 18.2 Å². The molecule has 0 saturated heterocycles. The Morgan fingerprint density at radius 2 is 1.75 bits per heavy atom. The van der Waals surface area contributed by atoms with Crippen molar-refractivity contribution in [2.24, 2.45) is 0 Å². The molecule has 1 aromatic carbocycles. The lowest BCUT2D eigenvalue weighted by atomic mass is 10.3. The lowest BCUT2D eigenvalue weighted by molar-refractivity contribution is 0.535. The maximum atomic E-state index is 9.67. The first-order valence-corrected chi connectivity index (χ1v) is 3.33. The standard InChI is InChI=1S/C6H6ClN.BF3/c7-5-2-1-3-6(8)4-5;2-1(3)4/h1-4H,8H2;. The summed E-state index contributed by atoms with van der Waals surface area (Å²) in [6.07, 6.45) is 0. The van der Waals surface area contributed by atoms with Crippen LogP contribution in [0.25, 0.3) is 0 Å². The van der Waals surface area contributed by atoms with Gasteiger partial charge in [-0.15, -0.1) is 0 Å². The van der Waals surface area contributed by atoms with Gasteiger partial charge in [0.2, 0.25) is 0 Å². The summed E-state index contributed by atoms with van der Waals surface area (Å²) >= 11 is 5.56. The largest absolute Gasteiger partial charge is 0.762 e. The molecule has 2 N–H and O–H groups in total. The number of benzene rings is 1. The number of hydrogen-bond donors (Lipinski definition) is 1. The fourth-order valence-electron chi connectivity index (χ4n) is 0.507. The summed E-state index contributed by atoms with van der Waals surface area (Å²) in [5.41, 5.74) is 6.08. The zero-order chi connectivity index (χ0) is 9.56. The lowest BCUT2D eigenvalue weighted by Gasteiger charge is -1.89. The van der Waals surface area contributed by atoms with Crippen LogP contribution in [0, 0.1) is 0 Å². The molecule has 0 radical (unpaired) electrons. The minimum Gasteiger partial charge on any atom is -0.399 e. The van der Waals surface area contributed by atoms with E-state index in [9.17, 15) is 12.9 Å². The minimum absolute atomic E-state index is 0.685. The van der Waals surface area contributed by atoms with E-state index < -0.39 is 7.54 Å². The molecule has 0 aliphatic heterocycles. The third-order valence-corrected chi connectivity index (χ3v) is 1.08. The maximum Gasteiger partial charge on any atom is 0.762 e. The monoisotopic (exact) mass is 195 g/mol. The summed E-state index contributed by atoms with van der Waals surface area (Å²) in [6, 6.07) is 7.11. The highest BCUT2D eigenvalue weighted by molar-refractivity contribution is 6.33. The van der Waals surface area contributed by atoms with Gasteiger partial charge in [0.25, 0.3) is 0 Å².